The monoisotopic (exact) mass is 259 g/mol. The first kappa shape index (κ1) is 13.6. The van der Waals surface area contributed by atoms with Crippen LogP contribution in [0.15, 0.2) is 42.5 Å². The van der Waals surface area contributed by atoms with Crippen LogP contribution < -0.4 is 10.5 Å². The topological polar surface area (TPSA) is 35.2 Å². The smallest absolute Gasteiger partial charge is 0.123 e. The molecule has 2 nitrogen and oxygen atoms in total. The van der Waals surface area contributed by atoms with Crippen LogP contribution in [0.25, 0.3) is 0 Å². The second-order valence-electron chi connectivity index (χ2n) is 4.73. The molecule has 0 aliphatic heterocycles. The van der Waals surface area contributed by atoms with Crippen LogP contribution in [0.1, 0.15) is 22.7 Å². The molecule has 2 aromatic carbocycles. The van der Waals surface area contributed by atoms with E-state index in [0.29, 0.717) is 12.4 Å². The summed E-state index contributed by atoms with van der Waals surface area (Å²) in [7, 11) is 0. The molecule has 0 saturated carbocycles. The fourth-order valence-electron chi connectivity index (χ4n) is 2.05. The summed E-state index contributed by atoms with van der Waals surface area (Å²) in [6.07, 6.45) is 0. The van der Waals surface area contributed by atoms with Crippen molar-refractivity contribution < 1.29 is 9.13 Å². The molecular weight excluding hydrogens is 241 g/mol. The predicted molar refractivity (Wildman–Crippen MR) is 74.7 cm³/mol. The summed E-state index contributed by atoms with van der Waals surface area (Å²) in [5.74, 6) is 0.354. The van der Waals surface area contributed by atoms with E-state index >= 15 is 0 Å². The summed E-state index contributed by atoms with van der Waals surface area (Å²) >= 11 is 0. The van der Waals surface area contributed by atoms with E-state index in [2.05, 4.69) is 13.0 Å². The zero-order valence-electron chi connectivity index (χ0n) is 11.2. The van der Waals surface area contributed by atoms with E-state index in [1.165, 1.54) is 17.7 Å². The molecule has 1 unspecified atom stereocenters. The van der Waals surface area contributed by atoms with Crippen LogP contribution in [0.4, 0.5) is 4.39 Å². The normalized spacial score (nSPS) is 12.2. The lowest BCUT2D eigenvalue weighted by molar-refractivity contribution is 0.290. The van der Waals surface area contributed by atoms with Crippen molar-refractivity contribution in [2.45, 2.75) is 19.9 Å². The highest BCUT2D eigenvalue weighted by Crippen LogP contribution is 2.19. The van der Waals surface area contributed by atoms with Crippen molar-refractivity contribution in [3.05, 3.63) is 65.0 Å². The quantitative estimate of drug-likeness (QED) is 0.911. The van der Waals surface area contributed by atoms with E-state index in [-0.39, 0.29) is 11.9 Å². The minimum atomic E-state index is -0.272. The molecule has 0 aliphatic carbocycles. The van der Waals surface area contributed by atoms with Gasteiger partial charge in [0.05, 0.1) is 6.04 Å². The molecule has 0 aromatic heterocycles. The van der Waals surface area contributed by atoms with Crippen molar-refractivity contribution >= 4 is 0 Å². The molecule has 0 fully saturated rings. The third-order valence-corrected chi connectivity index (χ3v) is 3.07. The Bertz CT molecular complexity index is 551. The number of rotatable bonds is 4. The Balaban J connectivity index is 2.01. The van der Waals surface area contributed by atoms with Crippen molar-refractivity contribution in [3.8, 4) is 5.75 Å². The van der Waals surface area contributed by atoms with Crippen LogP contribution in [0, 0.1) is 19.7 Å². The molecule has 0 saturated heterocycles. The molecule has 100 valence electrons. The van der Waals surface area contributed by atoms with E-state index < -0.39 is 0 Å². The molecule has 2 rings (SSSR count). The molecule has 0 amide bonds. The van der Waals surface area contributed by atoms with Gasteiger partial charge in [-0.05, 0) is 49.2 Å². The lowest BCUT2D eigenvalue weighted by Crippen LogP contribution is -2.20. The zero-order chi connectivity index (χ0) is 13.8. The molecule has 19 heavy (non-hydrogen) atoms. The Morgan fingerprint density at radius 3 is 2.42 bits per heavy atom. The van der Waals surface area contributed by atoms with E-state index in [9.17, 15) is 4.39 Å². The van der Waals surface area contributed by atoms with E-state index in [1.807, 2.05) is 19.1 Å². The van der Waals surface area contributed by atoms with Crippen LogP contribution in [0.2, 0.25) is 0 Å². The third-order valence-electron chi connectivity index (χ3n) is 3.07. The number of aryl methyl sites for hydroxylation is 2. The number of hydrogen-bond donors (Lipinski definition) is 1. The zero-order valence-corrected chi connectivity index (χ0v) is 11.2. The van der Waals surface area contributed by atoms with Crippen LogP contribution in [0.3, 0.4) is 0 Å². The first-order valence-electron chi connectivity index (χ1n) is 6.27. The molecule has 0 bridgehead atoms. The number of ether oxygens (including phenoxy) is 1. The summed E-state index contributed by atoms with van der Waals surface area (Å²) in [6, 6.07) is 11.9. The summed E-state index contributed by atoms with van der Waals surface area (Å²) < 4.78 is 18.3. The summed E-state index contributed by atoms with van der Waals surface area (Å²) in [4.78, 5) is 0. The average molecular weight is 259 g/mol. The number of halogens is 1. The molecule has 0 heterocycles. The SMILES string of the molecule is Cc1ccc(C(N)COc2ccc(F)cc2)c(C)c1. The first-order chi connectivity index (χ1) is 9.06. The lowest BCUT2D eigenvalue weighted by Gasteiger charge is -2.16. The number of benzene rings is 2. The molecular formula is C16H18FNO. The molecule has 2 aromatic rings. The Morgan fingerprint density at radius 1 is 1.11 bits per heavy atom. The molecule has 2 N–H and O–H groups in total. The van der Waals surface area contributed by atoms with Gasteiger partial charge in [-0.1, -0.05) is 23.8 Å². The fraction of sp³-hybridized carbons (Fsp3) is 0.250. The third kappa shape index (κ3) is 3.55. The van der Waals surface area contributed by atoms with Gasteiger partial charge in [-0.3, -0.25) is 0 Å². The largest absolute Gasteiger partial charge is 0.492 e. The van der Waals surface area contributed by atoms with Crippen LogP contribution in [-0.4, -0.2) is 6.61 Å². The van der Waals surface area contributed by atoms with Crippen molar-refractivity contribution in [2.75, 3.05) is 6.61 Å². The minimum absolute atomic E-state index is 0.189. The number of nitrogens with two attached hydrogens (primary N) is 1. The van der Waals surface area contributed by atoms with E-state index in [1.54, 1.807) is 12.1 Å². The second kappa shape index (κ2) is 5.85. The van der Waals surface area contributed by atoms with Gasteiger partial charge in [-0.15, -0.1) is 0 Å². The summed E-state index contributed by atoms with van der Waals surface area (Å²) in [5.41, 5.74) is 9.58. The van der Waals surface area contributed by atoms with E-state index in [0.717, 1.165) is 11.1 Å². The van der Waals surface area contributed by atoms with Gasteiger partial charge in [0.15, 0.2) is 0 Å². The van der Waals surface area contributed by atoms with Gasteiger partial charge in [0.2, 0.25) is 0 Å². The highest BCUT2D eigenvalue weighted by atomic mass is 19.1. The Hall–Kier alpha value is -1.87. The predicted octanol–water partition coefficient (Wildman–Crippen LogP) is 3.52. The van der Waals surface area contributed by atoms with Crippen molar-refractivity contribution in [2.24, 2.45) is 5.73 Å². The molecule has 0 spiro atoms. The fourth-order valence-corrected chi connectivity index (χ4v) is 2.05. The van der Waals surface area contributed by atoms with Gasteiger partial charge in [-0.2, -0.15) is 0 Å². The lowest BCUT2D eigenvalue weighted by atomic mass is 10.0. The highest BCUT2D eigenvalue weighted by Gasteiger charge is 2.09. The number of hydrogen-bond acceptors (Lipinski definition) is 2. The van der Waals surface area contributed by atoms with Crippen molar-refractivity contribution in [3.63, 3.8) is 0 Å². The minimum Gasteiger partial charge on any atom is -0.492 e. The summed E-state index contributed by atoms with van der Waals surface area (Å²) in [6.45, 7) is 4.47. The van der Waals surface area contributed by atoms with Crippen molar-refractivity contribution in [1.82, 2.24) is 0 Å². The van der Waals surface area contributed by atoms with Crippen LogP contribution >= 0.6 is 0 Å². The Labute approximate surface area is 113 Å². The standard InChI is InChI=1S/C16H18FNO/c1-11-3-8-15(12(2)9-11)16(18)10-19-14-6-4-13(17)5-7-14/h3-9,16H,10,18H2,1-2H3. The van der Waals surface area contributed by atoms with Gasteiger partial charge in [0.25, 0.3) is 0 Å². The van der Waals surface area contributed by atoms with Crippen LogP contribution in [-0.2, 0) is 0 Å². The maximum absolute atomic E-state index is 12.8. The Kier molecular flexibility index (Phi) is 4.17. The second-order valence-corrected chi connectivity index (χ2v) is 4.73. The average Bonchev–Trinajstić information content (AvgIpc) is 2.37. The van der Waals surface area contributed by atoms with Gasteiger partial charge < -0.3 is 10.5 Å². The molecule has 3 heteroatoms. The maximum atomic E-state index is 12.8. The maximum Gasteiger partial charge on any atom is 0.123 e. The first-order valence-corrected chi connectivity index (χ1v) is 6.27. The van der Waals surface area contributed by atoms with Gasteiger partial charge in [0, 0.05) is 0 Å². The Morgan fingerprint density at radius 2 is 1.79 bits per heavy atom. The van der Waals surface area contributed by atoms with Gasteiger partial charge in [0.1, 0.15) is 18.2 Å². The highest BCUT2D eigenvalue weighted by molar-refractivity contribution is 5.33. The van der Waals surface area contributed by atoms with Crippen LogP contribution in [0.5, 0.6) is 5.75 Å². The van der Waals surface area contributed by atoms with E-state index in [4.69, 9.17) is 10.5 Å². The molecule has 0 aliphatic rings. The molecule has 0 radical (unpaired) electrons. The van der Waals surface area contributed by atoms with Gasteiger partial charge >= 0.3 is 0 Å². The summed E-state index contributed by atoms with van der Waals surface area (Å²) in [5, 5.41) is 0. The molecule has 1 atom stereocenters. The van der Waals surface area contributed by atoms with Crippen molar-refractivity contribution in [1.29, 1.82) is 0 Å². The van der Waals surface area contributed by atoms with Gasteiger partial charge in [-0.25, -0.2) is 4.39 Å².